The molecule has 0 unspecified atom stereocenters. The minimum Gasteiger partial charge on any atom is -0.507 e. The number of aromatic hydroxyl groups is 1. The van der Waals surface area contributed by atoms with E-state index in [9.17, 15) is 9.90 Å². The molecular formula is C9H8O3Y. The third kappa shape index (κ3) is 4.20. The van der Waals surface area contributed by atoms with Crippen molar-refractivity contribution in [3.63, 3.8) is 0 Å². The van der Waals surface area contributed by atoms with Crippen LogP contribution in [0, 0.1) is 0 Å². The topological polar surface area (TPSA) is 57.5 Å². The molecule has 1 aromatic carbocycles. The van der Waals surface area contributed by atoms with Crippen LogP contribution in [0.3, 0.4) is 0 Å². The van der Waals surface area contributed by atoms with Crippen LogP contribution in [-0.4, -0.2) is 16.2 Å². The summed E-state index contributed by atoms with van der Waals surface area (Å²) in [6.07, 6.45) is 2.33. The fourth-order valence-corrected chi connectivity index (χ4v) is 0.790. The number of phenols is 1. The molecule has 0 amide bonds. The third-order valence-electron chi connectivity index (χ3n) is 1.34. The predicted octanol–water partition coefficient (Wildman–Crippen LogP) is 1.49. The van der Waals surface area contributed by atoms with Crippen molar-refractivity contribution in [1.29, 1.82) is 0 Å². The number of carboxylic acid groups (broad SMARTS) is 1. The Morgan fingerprint density at radius 2 is 1.92 bits per heavy atom. The maximum absolute atomic E-state index is 10.1. The molecule has 0 bridgehead atoms. The zero-order chi connectivity index (χ0) is 8.97. The SMILES string of the molecule is O=C(O)/C=C/c1ccccc1O.[Y]. The molecule has 0 spiro atoms. The molecule has 65 valence electrons. The van der Waals surface area contributed by atoms with E-state index in [1.807, 2.05) is 0 Å². The van der Waals surface area contributed by atoms with Crippen LogP contribution in [-0.2, 0) is 37.5 Å². The summed E-state index contributed by atoms with van der Waals surface area (Å²) < 4.78 is 0. The normalized spacial score (nSPS) is 9.54. The van der Waals surface area contributed by atoms with E-state index in [0.29, 0.717) is 5.56 Å². The first-order valence-electron chi connectivity index (χ1n) is 3.39. The van der Waals surface area contributed by atoms with E-state index < -0.39 is 5.97 Å². The Morgan fingerprint density at radius 1 is 1.31 bits per heavy atom. The standard InChI is InChI=1S/C9H8O3.Y/c10-8-4-2-1-3-7(8)5-6-9(11)12;/h1-6,10H,(H,11,12);/b6-5+;. The van der Waals surface area contributed by atoms with Gasteiger partial charge in [0.15, 0.2) is 0 Å². The molecule has 2 N–H and O–H groups in total. The molecule has 0 aliphatic heterocycles. The maximum atomic E-state index is 10.1. The Hall–Kier alpha value is -0.666. The van der Waals surface area contributed by atoms with Gasteiger partial charge in [-0.25, -0.2) is 4.79 Å². The Kier molecular flexibility index (Phi) is 5.59. The quantitative estimate of drug-likeness (QED) is 0.785. The Balaban J connectivity index is 0.00000144. The fourth-order valence-electron chi connectivity index (χ4n) is 0.790. The minimum absolute atomic E-state index is 0. The molecule has 0 saturated carbocycles. The van der Waals surface area contributed by atoms with E-state index in [4.69, 9.17) is 5.11 Å². The number of phenolic OH excluding ortho intramolecular Hbond substituents is 1. The second-order valence-electron chi connectivity index (χ2n) is 2.23. The number of rotatable bonds is 2. The van der Waals surface area contributed by atoms with Gasteiger partial charge in [-0.15, -0.1) is 0 Å². The van der Waals surface area contributed by atoms with Crippen molar-refractivity contribution in [3.05, 3.63) is 35.9 Å². The van der Waals surface area contributed by atoms with Crippen LogP contribution >= 0.6 is 0 Å². The summed E-state index contributed by atoms with van der Waals surface area (Å²) in [7, 11) is 0. The van der Waals surface area contributed by atoms with Gasteiger partial charge in [0.25, 0.3) is 0 Å². The summed E-state index contributed by atoms with van der Waals surface area (Å²) in [6, 6.07) is 6.53. The van der Waals surface area contributed by atoms with Crippen LogP contribution in [0.2, 0.25) is 0 Å². The van der Waals surface area contributed by atoms with Gasteiger partial charge in [0.05, 0.1) is 0 Å². The maximum Gasteiger partial charge on any atom is 0.328 e. The van der Waals surface area contributed by atoms with Crippen molar-refractivity contribution in [2.24, 2.45) is 0 Å². The van der Waals surface area contributed by atoms with Crippen LogP contribution in [0.4, 0.5) is 0 Å². The number of benzene rings is 1. The molecule has 0 fully saturated rings. The molecular weight excluding hydrogens is 245 g/mol. The van der Waals surface area contributed by atoms with Gasteiger partial charge < -0.3 is 10.2 Å². The van der Waals surface area contributed by atoms with E-state index in [2.05, 4.69) is 0 Å². The zero-order valence-electron chi connectivity index (χ0n) is 6.84. The van der Waals surface area contributed by atoms with E-state index in [1.54, 1.807) is 18.2 Å². The van der Waals surface area contributed by atoms with Crippen LogP contribution in [0.25, 0.3) is 6.08 Å². The number of carboxylic acids is 1. The molecule has 0 saturated heterocycles. The van der Waals surface area contributed by atoms with Crippen molar-refractivity contribution in [3.8, 4) is 5.75 Å². The van der Waals surface area contributed by atoms with Crippen LogP contribution in [0.5, 0.6) is 5.75 Å². The molecule has 0 aliphatic carbocycles. The molecule has 1 rings (SSSR count). The molecule has 3 nitrogen and oxygen atoms in total. The number of carbonyl (C=O) groups is 1. The summed E-state index contributed by atoms with van der Waals surface area (Å²) in [5.41, 5.74) is 0.500. The van der Waals surface area contributed by atoms with Gasteiger partial charge in [-0.3, -0.25) is 0 Å². The monoisotopic (exact) mass is 253 g/mol. The summed E-state index contributed by atoms with van der Waals surface area (Å²) >= 11 is 0. The number of para-hydroxylation sites is 1. The molecule has 0 heterocycles. The van der Waals surface area contributed by atoms with Gasteiger partial charge in [-0.2, -0.15) is 0 Å². The van der Waals surface area contributed by atoms with E-state index in [0.717, 1.165) is 6.08 Å². The summed E-state index contributed by atoms with van der Waals surface area (Å²) in [5.74, 6) is -0.951. The first kappa shape index (κ1) is 12.3. The average Bonchev–Trinajstić information content (AvgIpc) is 2.03. The molecule has 0 atom stereocenters. The van der Waals surface area contributed by atoms with Crippen LogP contribution in [0.1, 0.15) is 5.56 Å². The van der Waals surface area contributed by atoms with Gasteiger partial charge in [-0.1, -0.05) is 18.2 Å². The second kappa shape index (κ2) is 5.89. The Morgan fingerprint density at radius 3 is 2.46 bits per heavy atom. The summed E-state index contributed by atoms with van der Waals surface area (Å²) in [5, 5.41) is 17.5. The Labute approximate surface area is 101 Å². The van der Waals surface area contributed by atoms with Crippen molar-refractivity contribution < 1.29 is 47.7 Å². The smallest absolute Gasteiger partial charge is 0.328 e. The third-order valence-corrected chi connectivity index (χ3v) is 1.34. The molecule has 4 heteroatoms. The number of hydrogen-bond donors (Lipinski definition) is 2. The van der Waals surface area contributed by atoms with Gasteiger partial charge >= 0.3 is 5.97 Å². The van der Waals surface area contributed by atoms with Gasteiger partial charge in [0, 0.05) is 44.3 Å². The minimum atomic E-state index is -1.03. The first-order chi connectivity index (χ1) is 5.70. The van der Waals surface area contributed by atoms with Gasteiger partial charge in [0.2, 0.25) is 0 Å². The van der Waals surface area contributed by atoms with Crippen LogP contribution in [0.15, 0.2) is 30.3 Å². The summed E-state index contributed by atoms with van der Waals surface area (Å²) in [6.45, 7) is 0. The van der Waals surface area contributed by atoms with E-state index in [-0.39, 0.29) is 38.5 Å². The summed E-state index contributed by atoms with van der Waals surface area (Å²) in [4.78, 5) is 10.1. The molecule has 13 heavy (non-hydrogen) atoms. The fraction of sp³-hybridized carbons (Fsp3) is 0. The second-order valence-corrected chi connectivity index (χ2v) is 2.23. The first-order valence-corrected chi connectivity index (χ1v) is 3.39. The predicted molar refractivity (Wildman–Crippen MR) is 44.8 cm³/mol. The number of aliphatic carboxylic acids is 1. The van der Waals surface area contributed by atoms with Crippen molar-refractivity contribution in [1.82, 2.24) is 0 Å². The van der Waals surface area contributed by atoms with Crippen molar-refractivity contribution >= 4 is 12.0 Å². The number of hydrogen-bond acceptors (Lipinski definition) is 2. The van der Waals surface area contributed by atoms with E-state index in [1.165, 1.54) is 12.1 Å². The molecule has 1 radical (unpaired) electrons. The van der Waals surface area contributed by atoms with Crippen LogP contribution < -0.4 is 0 Å². The molecule has 1 aromatic rings. The van der Waals surface area contributed by atoms with Gasteiger partial charge in [0.1, 0.15) is 5.75 Å². The van der Waals surface area contributed by atoms with Crippen molar-refractivity contribution in [2.75, 3.05) is 0 Å². The molecule has 0 aromatic heterocycles. The van der Waals surface area contributed by atoms with Gasteiger partial charge in [-0.05, 0) is 12.1 Å². The zero-order valence-corrected chi connectivity index (χ0v) is 9.68. The van der Waals surface area contributed by atoms with E-state index >= 15 is 0 Å². The Bertz CT molecular complexity index is 320. The largest absolute Gasteiger partial charge is 0.507 e. The van der Waals surface area contributed by atoms with Crippen molar-refractivity contribution in [2.45, 2.75) is 0 Å². The average molecular weight is 253 g/mol. The molecule has 0 aliphatic rings.